The van der Waals surface area contributed by atoms with E-state index in [1.54, 1.807) is 11.3 Å². The van der Waals surface area contributed by atoms with E-state index in [2.05, 4.69) is 10.3 Å². The third-order valence-electron chi connectivity index (χ3n) is 4.36. The number of rotatable bonds is 4. The molecular weight excluding hydrogens is 390 g/mol. The predicted octanol–water partition coefficient (Wildman–Crippen LogP) is 3.39. The third kappa shape index (κ3) is 3.27. The van der Waals surface area contributed by atoms with Gasteiger partial charge in [0.2, 0.25) is 15.9 Å². The fraction of sp³-hybridized carbons (Fsp3) is 0.294. The minimum absolute atomic E-state index is 0.280. The van der Waals surface area contributed by atoms with Crippen LogP contribution in [-0.4, -0.2) is 42.5 Å². The van der Waals surface area contributed by atoms with Gasteiger partial charge in [0, 0.05) is 12.1 Å². The van der Waals surface area contributed by atoms with Crippen LogP contribution in [0.4, 0.5) is 5.00 Å². The van der Waals surface area contributed by atoms with Crippen LogP contribution in [0.25, 0.3) is 20.8 Å². The van der Waals surface area contributed by atoms with Crippen molar-refractivity contribution in [2.75, 3.05) is 18.1 Å². The first kappa shape index (κ1) is 17.6. The zero-order valence-electron chi connectivity index (χ0n) is 14.0. The highest BCUT2D eigenvalue weighted by molar-refractivity contribution is 7.88. The smallest absolute Gasteiger partial charge is 0.243 e. The molecule has 3 heterocycles. The number of aromatic nitrogens is 1. The van der Waals surface area contributed by atoms with E-state index in [1.807, 2.05) is 35.7 Å². The molecule has 4 rings (SSSR count). The maximum Gasteiger partial charge on any atom is 0.243 e. The van der Waals surface area contributed by atoms with Gasteiger partial charge in [-0.15, -0.1) is 22.7 Å². The number of fused-ring (bicyclic) bond motifs is 1. The number of anilines is 1. The molecule has 1 aliphatic rings. The van der Waals surface area contributed by atoms with Crippen LogP contribution in [0.2, 0.25) is 0 Å². The Labute approximate surface area is 159 Å². The first-order chi connectivity index (χ1) is 12.4. The third-order valence-corrected chi connectivity index (χ3v) is 7.55. The molecule has 1 atom stereocenters. The topological polar surface area (TPSA) is 79.4 Å². The Morgan fingerprint density at radius 1 is 1.31 bits per heavy atom. The zero-order valence-corrected chi connectivity index (χ0v) is 16.5. The Morgan fingerprint density at radius 2 is 2.12 bits per heavy atom. The molecule has 26 heavy (non-hydrogen) atoms. The van der Waals surface area contributed by atoms with Crippen molar-refractivity contribution >= 4 is 53.8 Å². The lowest BCUT2D eigenvalue weighted by atomic mass is 10.2. The predicted molar refractivity (Wildman–Crippen MR) is 106 cm³/mol. The van der Waals surface area contributed by atoms with Crippen LogP contribution in [0.5, 0.6) is 0 Å². The summed E-state index contributed by atoms with van der Waals surface area (Å²) in [4.78, 5) is 17.3. The SMILES string of the molecule is CS(=O)(=O)N1CCC[C@@H]1C(=O)Nc1sccc1-c1nc2ccccc2s1. The lowest BCUT2D eigenvalue weighted by molar-refractivity contribution is -0.119. The molecule has 0 unspecified atom stereocenters. The summed E-state index contributed by atoms with van der Waals surface area (Å²) in [5.41, 5.74) is 1.79. The average Bonchev–Trinajstić information content (AvgIpc) is 3.32. The van der Waals surface area contributed by atoms with Crippen molar-refractivity contribution < 1.29 is 13.2 Å². The molecule has 136 valence electrons. The zero-order chi connectivity index (χ0) is 18.3. The lowest BCUT2D eigenvalue weighted by Crippen LogP contribution is -2.42. The van der Waals surface area contributed by atoms with E-state index >= 15 is 0 Å². The van der Waals surface area contributed by atoms with E-state index in [9.17, 15) is 13.2 Å². The molecule has 0 bridgehead atoms. The van der Waals surface area contributed by atoms with E-state index in [0.29, 0.717) is 24.4 Å². The second-order valence-electron chi connectivity index (χ2n) is 6.17. The van der Waals surface area contributed by atoms with Gasteiger partial charge in [-0.2, -0.15) is 4.31 Å². The summed E-state index contributed by atoms with van der Waals surface area (Å²) < 4.78 is 26.1. The molecule has 0 radical (unpaired) electrons. The summed E-state index contributed by atoms with van der Waals surface area (Å²) in [6.45, 7) is 0.395. The second kappa shape index (κ2) is 6.73. The molecule has 3 aromatic rings. The number of carbonyl (C=O) groups is 1. The number of thiophene rings is 1. The molecule has 9 heteroatoms. The van der Waals surface area contributed by atoms with E-state index in [-0.39, 0.29) is 5.91 Å². The Balaban J connectivity index is 1.60. The molecule has 1 aromatic carbocycles. The Morgan fingerprint density at radius 3 is 2.88 bits per heavy atom. The van der Waals surface area contributed by atoms with Gasteiger partial charge in [0.25, 0.3) is 0 Å². The first-order valence-electron chi connectivity index (χ1n) is 8.14. The van der Waals surface area contributed by atoms with E-state index in [0.717, 1.165) is 27.0 Å². The standard InChI is InChI=1S/C17H17N3O3S3/c1-26(22,23)20-9-4-6-13(20)15(21)19-16-11(8-10-24-16)17-18-12-5-2-3-7-14(12)25-17/h2-3,5,7-8,10,13H,4,6,9H2,1H3,(H,19,21)/t13-/m1/s1. The number of hydrogen-bond acceptors (Lipinski definition) is 6. The van der Waals surface area contributed by atoms with E-state index < -0.39 is 16.1 Å². The van der Waals surface area contributed by atoms with E-state index in [1.165, 1.54) is 15.6 Å². The van der Waals surface area contributed by atoms with Crippen molar-refractivity contribution in [1.82, 2.24) is 9.29 Å². The fourth-order valence-electron chi connectivity index (χ4n) is 3.16. The van der Waals surface area contributed by atoms with Crippen LogP contribution in [0.15, 0.2) is 35.7 Å². The summed E-state index contributed by atoms with van der Waals surface area (Å²) >= 11 is 2.99. The van der Waals surface area contributed by atoms with Crippen molar-refractivity contribution in [2.45, 2.75) is 18.9 Å². The van der Waals surface area contributed by atoms with Gasteiger partial charge in [0.05, 0.1) is 16.5 Å². The summed E-state index contributed by atoms with van der Waals surface area (Å²) in [7, 11) is -3.39. The minimum Gasteiger partial charge on any atom is -0.316 e. The monoisotopic (exact) mass is 407 g/mol. The van der Waals surface area contributed by atoms with Crippen LogP contribution in [0, 0.1) is 0 Å². The van der Waals surface area contributed by atoms with Crippen molar-refractivity contribution in [1.29, 1.82) is 0 Å². The van der Waals surface area contributed by atoms with Crippen LogP contribution < -0.4 is 5.32 Å². The highest BCUT2D eigenvalue weighted by Crippen LogP contribution is 2.38. The molecule has 1 amide bonds. The molecule has 1 saturated heterocycles. The molecule has 2 aromatic heterocycles. The van der Waals surface area contributed by atoms with Gasteiger partial charge >= 0.3 is 0 Å². The largest absolute Gasteiger partial charge is 0.316 e. The quantitative estimate of drug-likeness (QED) is 0.719. The molecule has 1 N–H and O–H groups in total. The van der Waals surface area contributed by atoms with Gasteiger partial charge in [-0.1, -0.05) is 12.1 Å². The number of nitrogens with zero attached hydrogens (tertiary/aromatic N) is 2. The minimum atomic E-state index is -3.39. The van der Waals surface area contributed by atoms with Crippen LogP contribution >= 0.6 is 22.7 Å². The van der Waals surface area contributed by atoms with Crippen LogP contribution in [-0.2, 0) is 14.8 Å². The summed E-state index contributed by atoms with van der Waals surface area (Å²) in [5, 5.41) is 6.37. The molecular formula is C17H17N3O3S3. The van der Waals surface area contributed by atoms with Crippen molar-refractivity contribution in [2.24, 2.45) is 0 Å². The highest BCUT2D eigenvalue weighted by atomic mass is 32.2. The van der Waals surface area contributed by atoms with Crippen LogP contribution in [0.1, 0.15) is 12.8 Å². The van der Waals surface area contributed by atoms with Crippen molar-refractivity contribution in [3.05, 3.63) is 35.7 Å². The number of thiazole rings is 1. The summed E-state index contributed by atoms with van der Waals surface area (Å²) in [6, 6.07) is 9.19. The average molecular weight is 408 g/mol. The molecule has 1 aliphatic heterocycles. The number of carbonyl (C=O) groups excluding carboxylic acids is 1. The molecule has 0 aliphatic carbocycles. The number of nitrogens with one attached hydrogen (secondary N) is 1. The Hall–Kier alpha value is -1.81. The van der Waals surface area contributed by atoms with Crippen LogP contribution in [0.3, 0.4) is 0 Å². The van der Waals surface area contributed by atoms with Gasteiger partial charge in [0.15, 0.2) is 0 Å². The normalized spacial score (nSPS) is 18.4. The van der Waals surface area contributed by atoms with Gasteiger partial charge in [-0.05, 0) is 36.4 Å². The lowest BCUT2D eigenvalue weighted by Gasteiger charge is -2.21. The Bertz CT molecular complexity index is 1040. The summed E-state index contributed by atoms with van der Waals surface area (Å²) in [5.74, 6) is -0.280. The van der Waals surface area contributed by atoms with Gasteiger partial charge < -0.3 is 5.32 Å². The van der Waals surface area contributed by atoms with Gasteiger partial charge in [-0.3, -0.25) is 4.79 Å². The number of benzene rings is 1. The second-order valence-corrected chi connectivity index (χ2v) is 10.1. The number of sulfonamides is 1. The van der Waals surface area contributed by atoms with Crippen molar-refractivity contribution in [3.8, 4) is 10.6 Å². The molecule has 1 fully saturated rings. The molecule has 0 spiro atoms. The van der Waals surface area contributed by atoms with Crippen molar-refractivity contribution in [3.63, 3.8) is 0 Å². The number of amides is 1. The molecule has 0 saturated carbocycles. The highest BCUT2D eigenvalue weighted by Gasteiger charge is 2.36. The fourth-order valence-corrected chi connectivity index (χ4v) is 6.13. The van der Waals surface area contributed by atoms with Gasteiger partial charge in [-0.25, -0.2) is 13.4 Å². The maximum atomic E-state index is 12.7. The maximum absolute atomic E-state index is 12.7. The Kier molecular flexibility index (Phi) is 4.55. The number of para-hydroxylation sites is 1. The van der Waals surface area contributed by atoms with Gasteiger partial charge in [0.1, 0.15) is 16.1 Å². The molecule has 6 nitrogen and oxygen atoms in total. The first-order valence-corrected chi connectivity index (χ1v) is 11.7. The number of hydrogen-bond donors (Lipinski definition) is 1. The van der Waals surface area contributed by atoms with E-state index in [4.69, 9.17) is 0 Å². The summed E-state index contributed by atoms with van der Waals surface area (Å²) in [6.07, 6.45) is 2.39.